The number of anilines is 1. The minimum absolute atomic E-state index is 0.174. The quantitative estimate of drug-likeness (QED) is 0.681. The van der Waals surface area contributed by atoms with Crippen LogP contribution >= 0.6 is 0 Å². The standard InChI is InChI=1S/C24H26N4O/c1-18-21(24(29)27-20-11-6-3-7-12-20)17-25-23(26-18)22-13-8-15-28(22)16-14-19-9-4-2-5-10-19/h2-7,9-12,17,22H,8,13-16H2,1H3,(H,27,29). The van der Waals surface area contributed by atoms with Crippen molar-refractivity contribution in [3.8, 4) is 0 Å². The summed E-state index contributed by atoms with van der Waals surface area (Å²) in [5.41, 5.74) is 3.36. The van der Waals surface area contributed by atoms with Crippen molar-refractivity contribution in [3.05, 3.63) is 89.5 Å². The smallest absolute Gasteiger partial charge is 0.259 e. The van der Waals surface area contributed by atoms with Crippen molar-refractivity contribution in [1.82, 2.24) is 14.9 Å². The molecule has 4 rings (SSSR count). The highest BCUT2D eigenvalue weighted by molar-refractivity contribution is 6.04. The van der Waals surface area contributed by atoms with Gasteiger partial charge in [0.05, 0.1) is 17.3 Å². The van der Waals surface area contributed by atoms with Crippen molar-refractivity contribution < 1.29 is 4.79 Å². The zero-order valence-electron chi connectivity index (χ0n) is 16.7. The Bertz CT molecular complexity index is 959. The summed E-state index contributed by atoms with van der Waals surface area (Å²) in [4.78, 5) is 24.3. The van der Waals surface area contributed by atoms with E-state index in [1.165, 1.54) is 5.56 Å². The summed E-state index contributed by atoms with van der Waals surface area (Å²) >= 11 is 0. The number of rotatable bonds is 6. The molecule has 0 saturated carbocycles. The monoisotopic (exact) mass is 386 g/mol. The Labute approximate surface area is 171 Å². The van der Waals surface area contributed by atoms with Crippen LogP contribution in [0.4, 0.5) is 5.69 Å². The van der Waals surface area contributed by atoms with Crippen molar-refractivity contribution in [2.24, 2.45) is 0 Å². The molecule has 5 heteroatoms. The molecule has 5 nitrogen and oxygen atoms in total. The first-order valence-electron chi connectivity index (χ1n) is 10.2. The summed E-state index contributed by atoms with van der Waals surface area (Å²) in [6.07, 6.45) is 4.90. The average Bonchev–Trinajstić information content (AvgIpc) is 3.22. The molecule has 1 atom stereocenters. The third-order valence-corrected chi connectivity index (χ3v) is 5.47. The number of nitrogens with one attached hydrogen (secondary N) is 1. The second-order valence-electron chi connectivity index (χ2n) is 7.48. The van der Waals surface area contributed by atoms with E-state index in [2.05, 4.69) is 39.5 Å². The number of carbonyl (C=O) groups is 1. The van der Waals surface area contributed by atoms with Gasteiger partial charge in [0, 0.05) is 18.4 Å². The van der Waals surface area contributed by atoms with Crippen molar-refractivity contribution in [2.75, 3.05) is 18.4 Å². The zero-order valence-corrected chi connectivity index (χ0v) is 16.7. The minimum Gasteiger partial charge on any atom is -0.322 e. The molecule has 2 heterocycles. The van der Waals surface area contributed by atoms with Crippen LogP contribution < -0.4 is 5.32 Å². The van der Waals surface area contributed by atoms with Gasteiger partial charge in [0.25, 0.3) is 5.91 Å². The van der Waals surface area contributed by atoms with E-state index < -0.39 is 0 Å². The van der Waals surface area contributed by atoms with Gasteiger partial charge in [0.15, 0.2) is 0 Å². The normalized spacial score (nSPS) is 16.7. The first-order valence-corrected chi connectivity index (χ1v) is 10.2. The van der Waals surface area contributed by atoms with Crippen LogP contribution in [0.1, 0.15) is 46.3 Å². The highest BCUT2D eigenvalue weighted by atomic mass is 16.1. The molecule has 2 aromatic carbocycles. The number of hydrogen-bond acceptors (Lipinski definition) is 4. The van der Waals surface area contributed by atoms with Crippen LogP contribution in [-0.4, -0.2) is 33.9 Å². The Kier molecular flexibility index (Phi) is 5.96. The Morgan fingerprint density at radius 1 is 1.10 bits per heavy atom. The Morgan fingerprint density at radius 2 is 1.83 bits per heavy atom. The molecular weight excluding hydrogens is 360 g/mol. The van der Waals surface area contributed by atoms with Crippen molar-refractivity contribution >= 4 is 11.6 Å². The van der Waals surface area contributed by atoms with Crippen molar-refractivity contribution in [2.45, 2.75) is 32.2 Å². The first kappa shape index (κ1) is 19.3. The van der Waals surface area contributed by atoms with Gasteiger partial charge in [-0.2, -0.15) is 0 Å². The van der Waals surface area contributed by atoms with Gasteiger partial charge in [-0.15, -0.1) is 0 Å². The van der Waals surface area contributed by atoms with E-state index in [0.29, 0.717) is 5.56 Å². The molecule has 3 aromatic rings. The Morgan fingerprint density at radius 3 is 2.55 bits per heavy atom. The van der Waals surface area contributed by atoms with Gasteiger partial charge in [-0.1, -0.05) is 48.5 Å². The molecule has 1 aromatic heterocycles. The maximum absolute atomic E-state index is 12.6. The van der Waals surface area contributed by atoms with Crippen molar-refractivity contribution in [3.63, 3.8) is 0 Å². The third-order valence-electron chi connectivity index (χ3n) is 5.47. The fourth-order valence-corrected chi connectivity index (χ4v) is 3.89. The van der Waals surface area contributed by atoms with Gasteiger partial charge in [-0.05, 0) is 50.4 Å². The lowest BCUT2D eigenvalue weighted by Gasteiger charge is -2.23. The number of likely N-dealkylation sites (tertiary alicyclic amines) is 1. The van der Waals surface area contributed by atoms with E-state index in [-0.39, 0.29) is 11.9 Å². The van der Waals surface area contributed by atoms with E-state index in [1.807, 2.05) is 43.3 Å². The predicted octanol–water partition coefficient (Wildman–Crippen LogP) is 4.42. The van der Waals surface area contributed by atoms with Crippen LogP contribution in [0.25, 0.3) is 0 Å². The fourth-order valence-electron chi connectivity index (χ4n) is 3.89. The molecule has 0 aliphatic carbocycles. The lowest BCUT2D eigenvalue weighted by Crippen LogP contribution is -2.27. The lowest BCUT2D eigenvalue weighted by molar-refractivity contribution is 0.102. The fraction of sp³-hybridized carbons (Fsp3) is 0.292. The summed E-state index contributed by atoms with van der Waals surface area (Å²) in [5, 5.41) is 2.91. The van der Waals surface area contributed by atoms with Gasteiger partial charge in [-0.25, -0.2) is 9.97 Å². The summed E-state index contributed by atoms with van der Waals surface area (Å²) in [7, 11) is 0. The number of aromatic nitrogens is 2. The second kappa shape index (κ2) is 8.97. The summed E-state index contributed by atoms with van der Waals surface area (Å²) in [6, 6.07) is 20.2. The topological polar surface area (TPSA) is 58.1 Å². The van der Waals surface area contributed by atoms with Crippen LogP contribution in [0.5, 0.6) is 0 Å². The molecule has 0 spiro atoms. The van der Waals surface area contributed by atoms with E-state index in [4.69, 9.17) is 4.98 Å². The highest BCUT2D eigenvalue weighted by Crippen LogP contribution is 2.30. The van der Waals surface area contributed by atoms with Crippen molar-refractivity contribution in [1.29, 1.82) is 0 Å². The van der Waals surface area contributed by atoms with Crippen LogP contribution in [-0.2, 0) is 6.42 Å². The van der Waals surface area contributed by atoms with Gasteiger partial charge < -0.3 is 5.32 Å². The molecule has 1 saturated heterocycles. The summed E-state index contributed by atoms with van der Waals surface area (Å²) < 4.78 is 0. The SMILES string of the molecule is Cc1nc(C2CCCN2CCc2ccccc2)ncc1C(=O)Nc1ccccc1. The van der Waals surface area contributed by atoms with Gasteiger partial charge >= 0.3 is 0 Å². The van der Waals surface area contributed by atoms with Crippen LogP contribution in [0.3, 0.4) is 0 Å². The maximum atomic E-state index is 12.6. The number of benzene rings is 2. The average molecular weight is 386 g/mol. The molecule has 1 N–H and O–H groups in total. The van der Waals surface area contributed by atoms with Crippen LogP contribution in [0.2, 0.25) is 0 Å². The Balaban J connectivity index is 1.44. The van der Waals surface area contributed by atoms with Gasteiger partial charge in [0.2, 0.25) is 0 Å². The maximum Gasteiger partial charge on any atom is 0.259 e. The molecule has 1 aliphatic rings. The lowest BCUT2D eigenvalue weighted by atomic mass is 10.1. The van der Waals surface area contributed by atoms with Crippen LogP contribution in [0, 0.1) is 6.92 Å². The Hall–Kier alpha value is -3.05. The predicted molar refractivity (Wildman–Crippen MR) is 115 cm³/mol. The highest BCUT2D eigenvalue weighted by Gasteiger charge is 2.28. The molecule has 1 amide bonds. The number of carbonyl (C=O) groups excluding carboxylic acids is 1. The molecule has 1 fully saturated rings. The van der Waals surface area contributed by atoms with E-state index in [9.17, 15) is 4.79 Å². The molecule has 1 unspecified atom stereocenters. The van der Waals surface area contributed by atoms with E-state index in [1.54, 1.807) is 6.20 Å². The van der Waals surface area contributed by atoms with E-state index in [0.717, 1.165) is 49.6 Å². The zero-order chi connectivity index (χ0) is 20.1. The number of hydrogen-bond donors (Lipinski definition) is 1. The van der Waals surface area contributed by atoms with Gasteiger partial charge in [0.1, 0.15) is 5.82 Å². The molecule has 148 valence electrons. The number of aryl methyl sites for hydroxylation is 1. The minimum atomic E-state index is -0.174. The first-order chi connectivity index (χ1) is 14.2. The second-order valence-corrected chi connectivity index (χ2v) is 7.48. The third kappa shape index (κ3) is 4.69. The van der Waals surface area contributed by atoms with E-state index >= 15 is 0 Å². The number of para-hydroxylation sites is 1. The molecule has 0 radical (unpaired) electrons. The molecule has 1 aliphatic heterocycles. The summed E-state index contributed by atoms with van der Waals surface area (Å²) in [6.45, 7) is 3.94. The molecular formula is C24H26N4O. The van der Waals surface area contributed by atoms with Gasteiger partial charge in [-0.3, -0.25) is 9.69 Å². The molecule has 29 heavy (non-hydrogen) atoms. The number of amides is 1. The van der Waals surface area contributed by atoms with Crippen LogP contribution in [0.15, 0.2) is 66.9 Å². The summed E-state index contributed by atoms with van der Waals surface area (Å²) in [5.74, 6) is 0.650. The number of nitrogens with zero attached hydrogens (tertiary/aromatic N) is 3. The molecule has 0 bridgehead atoms. The largest absolute Gasteiger partial charge is 0.322 e.